The molecule has 10 nitrogen and oxygen atoms in total. The van der Waals surface area contributed by atoms with Gasteiger partial charge in [0.2, 0.25) is 0 Å². The Labute approximate surface area is 402 Å². The van der Waals surface area contributed by atoms with Gasteiger partial charge in [-0.25, -0.2) is 10.9 Å². The van der Waals surface area contributed by atoms with E-state index < -0.39 is 0 Å². The second-order valence-electron chi connectivity index (χ2n) is 21.5. The molecular weight excluding hydrogens is 849 g/mol. The molecule has 358 valence electrons. The number of hydrogen-bond donors (Lipinski definition) is 4. The van der Waals surface area contributed by atoms with Gasteiger partial charge in [-0.05, 0) is 219 Å². The Kier molecular flexibility index (Phi) is 12.9. The fraction of sp³-hybridized carbons (Fsp3) is 0.517. The van der Waals surface area contributed by atoms with Crippen molar-refractivity contribution in [2.45, 2.75) is 141 Å². The van der Waals surface area contributed by atoms with Gasteiger partial charge in [-0.3, -0.25) is 9.59 Å². The van der Waals surface area contributed by atoms with Crippen LogP contribution in [0.4, 0.5) is 0 Å². The topological polar surface area (TPSA) is 142 Å². The van der Waals surface area contributed by atoms with Gasteiger partial charge in [0.25, 0.3) is 11.8 Å². The van der Waals surface area contributed by atoms with E-state index in [4.69, 9.17) is 19.7 Å². The number of amides is 2. The van der Waals surface area contributed by atoms with Crippen LogP contribution in [0.15, 0.2) is 95.1 Å². The summed E-state index contributed by atoms with van der Waals surface area (Å²) in [7, 11) is 0. The highest BCUT2D eigenvalue weighted by Crippen LogP contribution is 2.61. The SMILES string of the molecule is CCC(c1ccc(OCC(=O)NN=C2CCC3C4CCc5cc(O)ccc5C4CCC23C)cc1)C(CC)c1ccc(OCC(=O)NN=C2CCC3C4CCc5cc(O)ccc5C4CCC23C)cc1. The van der Waals surface area contributed by atoms with Crippen molar-refractivity contribution in [3.8, 4) is 23.0 Å². The first-order valence-corrected chi connectivity index (χ1v) is 25.8. The Balaban J connectivity index is 0.685. The number of rotatable bonds is 13. The summed E-state index contributed by atoms with van der Waals surface area (Å²) in [6, 6.07) is 28.2. The summed E-state index contributed by atoms with van der Waals surface area (Å²) in [4.78, 5) is 26.1. The molecule has 10 unspecified atom stereocenters. The first kappa shape index (κ1) is 46.1. The number of hydrogen-bond acceptors (Lipinski definition) is 8. The molecule has 4 saturated carbocycles. The summed E-state index contributed by atoms with van der Waals surface area (Å²) in [5.74, 6) is 5.46. The fourth-order valence-corrected chi connectivity index (χ4v) is 14.8. The van der Waals surface area contributed by atoms with Crippen LogP contribution in [-0.2, 0) is 22.4 Å². The first-order chi connectivity index (χ1) is 32.9. The number of nitrogens with zero attached hydrogens (tertiary/aromatic N) is 2. The second-order valence-corrected chi connectivity index (χ2v) is 21.5. The zero-order valence-corrected chi connectivity index (χ0v) is 40.4. The Hall–Kier alpha value is -5.64. The minimum atomic E-state index is -0.252. The Bertz CT molecular complexity index is 2390. The van der Waals surface area contributed by atoms with Crippen LogP contribution in [0, 0.1) is 34.5 Å². The van der Waals surface area contributed by atoms with E-state index in [1.165, 1.54) is 33.4 Å². The summed E-state index contributed by atoms with van der Waals surface area (Å²) in [6.45, 7) is 8.95. The van der Waals surface area contributed by atoms with Crippen molar-refractivity contribution in [3.63, 3.8) is 0 Å². The molecule has 0 radical (unpaired) electrons. The first-order valence-electron chi connectivity index (χ1n) is 25.8. The maximum Gasteiger partial charge on any atom is 0.277 e. The number of aromatic hydroxyl groups is 2. The third-order valence-corrected chi connectivity index (χ3v) is 18.3. The minimum absolute atomic E-state index is 0.00709. The van der Waals surface area contributed by atoms with Crippen molar-refractivity contribution in [3.05, 3.63) is 118 Å². The highest BCUT2D eigenvalue weighted by Gasteiger charge is 2.55. The summed E-state index contributed by atoms with van der Waals surface area (Å²) < 4.78 is 11.9. The van der Waals surface area contributed by atoms with Gasteiger partial charge in [-0.2, -0.15) is 10.2 Å². The van der Waals surface area contributed by atoms with Crippen molar-refractivity contribution in [2.24, 2.45) is 44.7 Å². The molecule has 0 aliphatic heterocycles. The van der Waals surface area contributed by atoms with E-state index in [-0.39, 0.29) is 47.7 Å². The molecule has 10 atom stereocenters. The summed E-state index contributed by atoms with van der Waals surface area (Å²) in [6.07, 6.45) is 14.6. The number of phenols is 2. The van der Waals surface area contributed by atoms with E-state index in [1.54, 1.807) is 0 Å². The maximum atomic E-state index is 13.0. The summed E-state index contributed by atoms with van der Waals surface area (Å²) in [5, 5.41) is 29.6. The van der Waals surface area contributed by atoms with Crippen LogP contribution in [0.5, 0.6) is 23.0 Å². The number of phenolic OH excluding ortho intramolecular Hbond substituents is 2. The maximum absolute atomic E-state index is 13.0. The smallest absolute Gasteiger partial charge is 0.277 e. The van der Waals surface area contributed by atoms with Crippen LogP contribution in [-0.4, -0.2) is 46.7 Å². The largest absolute Gasteiger partial charge is 0.508 e. The standard InChI is InChI=1S/C58H70N4O6/c1-5-43(35-7-15-41(16-8-35)67-33-55(65)61-59-53-25-23-51-49-19-11-37-31-39(63)13-21-45(37)47(49)27-29-57(51,53)3)44(6-2)36-9-17-42(18-10-36)68-34-56(66)62-60-54-26-24-52-50-20-12-38-32-40(64)14-22-46(38)48(50)28-30-58(52,54)4/h7-10,13-18,21-22,31-32,43-44,47-52,63-64H,5-6,11-12,19-20,23-30,33-34H2,1-4H3,(H,61,65)(H,62,66). The minimum Gasteiger partial charge on any atom is -0.508 e. The number of hydrazone groups is 2. The zero-order valence-electron chi connectivity index (χ0n) is 40.4. The van der Waals surface area contributed by atoms with Gasteiger partial charge in [0.05, 0.1) is 0 Å². The van der Waals surface area contributed by atoms with Gasteiger partial charge in [-0.1, -0.05) is 64.1 Å². The normalized spacial score (nSPS) is 29.9. The monoisotopic (exact) mass is 919 g/mol. The molecular formula is C58H70N4O6. The number of fused-ring (bicyclic) bond motifs is 10. The molecule has 10 heteroatoms. The van der Waals surface area contributed by atoms with Gasteiger partial charge >= 0.3 is 0 Å². The molecule has 68 heavy (non-hydrogen) atoms. The molecule has 0 spiro atoms. The number of carbonyl (C=O) groups excluding carboxylic acids is 2. The average molecular weight is 919 g/mol. The van der Waals surface area contributed by atoms with Crippen molar-refractivity contribution in [2.75, 3.05) is 13.2 Å². The lowest BCUT2D eigenvalue weighted by atomic mass is 9.55. The molecule has 4 N–H and O–H groups in total. The number of nitrogens with one attached hydrogen (secondary N) is 2. The Morgan fingerprint density at radius 2 is 1.00 bits per heavy atom. The molecule has 0 aromatic heterocycles. The van der Waals surface area contributed by atoms with E-state index in [9.17, 15) is 19.8 Å². The third kappa shape index (κ3) is 8.70. The Morgan fingerprint density at radius 3 is 1.40 bits per heavy atom. The number of carbonyl (C=O) groups is 2. The molecule has 6 aliphatic carbocycles. The van der Waals surface area contributed by atoms with Crippen molar-refractivity contribution >= 4 is 23.2 Å². The van der Waals surface area contributed by atoms with E-state index in [0.717, 1.165) is 101 Å². The van der Waals surface area contributed by atoms with Crippen LogP contribution < -0.4 is 20.3 Å². The highest BCUT2D eigenvalue weighted by atomic mass is 16.5. The van der Waals surface area contributed by atoms with Gasteiger partial charge < -0.3 is 19.7 Å². The third-order valence-electron chi connectivity index (χ3n) is 18.3. The van der Waals surface area contributed by atoms with Gasteiger partial charge in [0.15, 0.2) is 13.2 Å². The lowest BCUT2D eigenvalue weighted by molar-refractivity contribution is -0.123. The molecule has 4 fully saturated rings. The van der Waals surface area contributed by atoms with Crippen molar-refractivity contribution in [1.29, 1.82) is 0 Å². The lowest BCUT2D eigenvalue weighted by Crippen LogP contribution is -2.43. The number of ether oxygens (including phenoxy) is 2. The van der Waals surface area contributed by atoms with E-state index in [1.807, 2.05) is 48.5 Å². The quantitative estimate of drug-likeness (QED) is 0.0984. The summed E-state index contributed by atoms with van der Waals surface area (Å²) in [5.41, 5.74) is 15.8. The lowest BCUT2D eigenvalue weighted by Gasteiger charge is -2.49. The van der Waals surface area contributed by atoms with Crippen molar-refractivity contribution < 1.29 is 29.3 Å². The van der Waals surface area contributed by atoms with Crippen molar-refractivity contribution in [1.82, 2.24) is 10.9 Å². The van der Waals surface area contributed by atoms with Crippen LogP contribution in [0.25, 0.3) is 0 Å². The molecule has 10 rings (SSSR count). The number of benzene rings is 4. The molecule has 0 heterocycles. The molecule has 6 aliphatic rings. The van der Waals surface area contributed by atoms with Crippen LogP contribution in [0.1, 0.15) is 162 Å². The van der Waals surface area contributed by atoms with Crippen LogP contribution in [0.3, 0.4) is 0 Å². The van der Waals surface area contributed by atoms with E-state index in [0.29, 0.717) is 58.5 Å². The predicted octanol–water partition coefficient (Wildman–Crippen LogP) is 11.6. The van der Waals surface area contributed by atoms with Gasteiger partial charge in [-0.15, -0.1) is 0 Å². The zero-order chi connectivity index (χ0) is 47.2. The van der Waals surface area contributed by atoms with E-state index in [2.05, 4.69) is 74.9 Å². The highest BCUT2D eigenvalue weighted by molar-refractivity contribution is 5.94. The predicted molar refractivity (Wildman–Crippen MR) is 267 cm³/mol. The average Bonchev–Trinajstić information content (AvgIpc) is 3.88. The Morgan fingerprint density at radius 1 is 0.588 bits per heavy atom. The summed E-state index contributed by atoms with van der Waals surface area (Å²) >= 11 is 0. The molecule has 2 amide bonds. The number of aryl methyl sites for hydroxylation is 2. The van der Waals surface area contributed by atoms with Crippen LogP contribution in [0.2, 0.25) is 0 Å². The fourth-order valence-electron chi connectivity index (χ4n) is 14.8. The van der Waals surface area contributed by atoms with Gasteiger partial charge in [0, 0.05) is 22.3 Å². The van der Waals surface area contributed by atoms with Gasteiger partial charge in [0.1, 0.15) is 23.0 Å². The van der Waals surface area contributed by atoms with Crippen LogP contribution >= 0.6 is 0 Å². The molecule has 4 aromatic rings. The molecule has 4 aromatic carbocycles. The molecule has 0 bridgehead atoms. The van der Waals surface area contributed by atoms with E-state index >= 15 is 0 Å². The molecule has 0 saturated heterocycles. The second kappa shape index (κ2) is 19.0.